The summed E-state index contributed by atoms with van der Waals surface area (Å²) in [5, 5.41) is 0. The van der Waals surface area contributed by atoms with Gasteiger partial charge in [0.2, 0.25) is 0 Å². The van der Waals surface area contributed by atoms with E-state index in [4.69, 9.17) is 13.7 Å². The molecule has 0 heterocycles. The van der Waals surface area contributed by atoms with Crippen molar-refractivity contribution in [2.24, 2.45) is 40.4 Å². The molecule has 7 nitrogen and oxygen atoms in total. The molecule has 0 aliphatic heterocycles. The predicted molar refractivity (Wildman–Crippen MR) is 155 cm³/mol. The van der Waals surface area contributed by atoms with Crippen LogP contribution >= 0.6 is 0 Å². The minimum atomic E-state index is -3.80. The van der Waals surface area contributed by atoms with Crippen molar-refractivity contribution < 1.29 is 31.7 Å². The number of aryl methyl sites for hydroxylation is 1. The molecule has 0 amide bonds. The van der Waals surface area contributed by atoms with Crippen LogP contribution in [0.25, 0.3) is 0 Å². The first-order valence-corrected chi connectivity index (χ1v) is 16.7. The fourth-order valence-electron chi connectivity index (χ4n) is 9.41. The SMILES string of the molecule is CC(=O)OC1CC2=CC[C@H]3[C@@H]4CC[C@H]([C@H](C)COS(=O)(=O)c5ccc(C)cc5)[C@@]4(C)CC[C@@H]3[C@@]2(C)C(OC(C)=O)C1. The zero-order valence-electron chi connectivity index (χ0n) is 25.4. The normalized spacial score (nSPS) is 37.2. The Morgan fingerprint density at radius 3 is 2.34 bits per heavy atom. The fraction of sp³-hybridized carbons (Fsp3) is 0.697. The molecule has 0 aromatic heterocycles. The van der Waals surface area contributed by atoms with Gasteiger partial charge in [-0.3, -0.25) is 13.8 Å². The second kappa shape index (κ2) is 11.1. The number of carbonyl (C=O) groups is 2. The van der Waals surface area contributed by atoms with E-state index < -0.39 is 10.1 Å². The Morgan fingerprint density at radius 1 is 1.00 bits per heavy atom. The summed E-state index contributed by atoms with van der Waals surface area (Å²) in [6.45, 7) is 11.8. The zero-order valence-corrected chi connectivity index (χ0v) is 26.2. The second-order valence-corrected chi connectivity index (χ2v) is 15.3. The van der Waals surface area contributed by atoms with Gasteiger partial charge in [-0.05, 0) is 86.2 Å². The maximum atomic E-state index is 12.9. The third-order valence-corrected chi connectivity index (χ3v) is 12.6. The van der Waals surface area contributed by atoms with E-state index in [0.29, 0.717) is 36.5 Å². The minimum Gasteiger partial charge on any atom is -0.462 e. The number of carbonyl (C=O) groups excluding carboxylic acids is 2. The third kappa shape index (κ3) is 5.51. The summed E-state index contributed by atoms with van der Waals surface area (Å²) >= 11 is 0. The highest BCUT2D eigenvalue weighted by Gasteiger charge is 2.62. The van der Waals surface area contributed by atoms with Crippen LogP contribution in [0.15, 0.2) is 40.8 Å². The van der Waals surface area contributed by atoms with Crippen LogP contribution in [0.3, 0.4) is 0 Å². The van der Waals surface area contributed by atoms with E-state index in [2.05, 4.69) is 26.8 Å². The van der Waals surface area contributed by atoms with Crippen molar-refractivity contribution >= 4 is 22.1 Å². The van der Waals surface area contributed by atoms with Gasteiger partial charge in [-0.25, -0.2) is 0 Å². The summed E-state index contributed by atoms with van der Waals surface area (Å²) in [4.78, 5) is 24.2. The van der Waals surface area contributed by atoms with Crippen molar-refractivity contribution in [3.8, 4) is 0 Å². The first kappa shape index (κ1) is 30.3. The van der Waals surface area contributed by atoms with E-state index in [-0.39, 0.29) is 52.4 Å². The lowest BCUT2D eigenvalue weighted by atomic mass is 9.46. The maximum Gasteiger partial charge on any atom is 0.302 e. The maximum absolute atomic E-state index is 12.9. The number of esters is 2. The van der Waals surface area contributed by atoms with Crippen molar-refractivity contribution in [2.75, 3.05) is 6.61 Å². The van der Waals surface area contributed by atoms with E-state index >= 15 is 0 Å². The van der Waals surface area contributed by atoms with Crippen LogP contribution in [0.4, 0.5) is 0 Å². The van der Waals surface area contributed by atoms with Gasteiger partial charge in [-0.15, -0.1) is 0 Å². The summed E-state index contributed by atoms with van der Waals surface area (Å²) in [5.41, 5.74) is 2.10. The molecule has 41 heavy (non-hydrogen) atoms. The summed E-state index contributed by atoms with van der Waals surface area (Å²) in [5.74, 6) is 1.27. The molecule has 5 rings (SSSR count). The van der Waals surface area contributed by atoms with Crippen molar-refractivity contribution in [1.29, 1.82) is 0 Å². The topological polar surface area (TPSA) is 96.0 Å². The third-order valence-electron chi connectivity index (χ3n) is 11.3. The van der Waals surface area contributed by atoms with E-state index in [1.54, 1.807) is 24.3 Å². The van der Waals surface area contributed by atoms with Crippen LogP contribution in [0.2, 0.25) is 0 Å². The molecule has 9 atom stereocenters. The molecule has 0 bridgehead atoms. The number of allylic oxidation sites excluding steroid dienone is 1. The molecule has 0 radical (unpaired) electrons. The number of rotatable bonds is 7. The van der Waals surface area contributed by atoms with Crippen LogP contribution < -0.4 is 0 Å². The standard InChI is InChI=1S/C33H46O7S/c1-20-7-10-26(11-8-20)41(36,37)38-19-21(2)28-13-14-29-27-12-9-24-17-25(39-22(3)34)18-31(40-23(4)35)33(24,6)30(27)15-16-32(28,29)5/h7-11,21,25,27-31H,12-19H2,1-6H3/t21-,25?,27+,28-,29+,30+,31?,32-,33+/m1/s1. The average Bonchev–Trinajstić information content (AvgIpc) is 3.25. The van der Waals surface area contributed by atoms with Crippen molar-refractivity contribution in [3.05, 3.63) is 41.5 Å². The highest BCUT2D eigenvalue weighted by Crippen LogP contribution is 2.67. The summed E-state index contributed by atoms with van der Waals surface area (Å²) in [6.07, 6.45) is 8.25. The minimum absolute atomic E-state index is 0.102. The second-order valence-electron chi connectivity index (χ2n) is 13.7. The number of benzene rings is 1. The molecule has 226 valence electrons. The Hall–Kier alpha value is -2.19. The zero-order chi connectivity index (χ0) is 29.7. The van der Waals surface area contributed by atoms with E-state index in [1.807, 2.05) is 6.92 Å². The number of ether oxygens (including phenoxy) is 2. The number of hydrogen-bond acceptors (Lipinski definition) is 7. The lowest BCUT2D eigenvalue weighted by molar-refractivity contribution is -0.172. The van der Waals surface area contributed by atoms with E-state index in [0.717, 1.165) is 37.7 Å². The van der Waals surface area contributed by atoms with Gasteiger partial charge in [-0.2, -0.15) is 8.42 Å². The van der Waals surface area contributed by atoms with E-state index in [9.17, 15) is 18.0 Å². The van der Waals surface area contributed by atoms with Gasteiger partial charge in [0.1, 0.15) is 12.2 Å². The first-order chi connectivity index (χ1) is 19.3. The fourth-order valence-corrected chi connectivity index (χ4v) is 10.4. The smallest absolute Gasteiger partial charge is 0.302 e. The Kier molecular flexibility index (Phi) is 8.23. The molecule has 2 unspecified atom stereocenters. The molecule has 1 aromatic rings. The largest absolute Gasteiger partial charge is 0.462 e. The van der Waals surface area contributed by atoms with Crippen LogP contribution in [-0.2, 0) is 33.4 Å². The van der Waals surface area contributed by atoms with Crippen molar-refractivity contribution in [2.45, 2.75) is 104 Å². The summed E-state index contributed by atoms with van der Waals surface area (Å²) in [6, 6.07) is 6.80. The summed E-state index contributed by atoms with van der Waals surface area (Å²) in [7, 11) is -3.80. The highest BCUT2D eigenvalue weighted by atomic mass is 32.2. The molecule has 1 aromatic carbocycles. The highest BCUT2D eigenvalue weighted by molar-refractivity contribution is 7.86. The van der Waals surface area contributed by atoms with Gasteiger partial charge in [0.15, 0.2) is 0 Å². The van der Waals surface area contributed by atoms with Gasteiger partial charge in [0, 0.05) is 32.1 Å². The lowest BCUT2D eigenvalue weighted by Gasteiger charge is -2.60. The Balaban J connectivity index is 1.33. The van der Waals surface area contributed by atoms with Crippen LogP contribution in [-0.4, -0.2) is 39.2 Å². The molecule has 3 saturated carbocycles. The number of fused-ring (bicyclic) bond motifs is 5. The molecule has 4 aliphatic rings. The molecule has 0 saturated heterocycles. The molecule has 0 spiro atoms. The number of hydrogen-bond donors (Lipinski definition) is 0. The first-order valence-electron chi connectivity index (χ1n) is 15.3. The molecule has 8 heteroatoms. The van der Waals surface area contributed by atoms with Crippen LogP contribution in [0.5, 0.6) is 0 Å². The average molecular weight is 587 g/mol. The van der Waals surface area contributed by atoms with Gasteiger partial charge in [0.25, 0.3) is 10.1 Å². The Bertz CT molecular complexity index is 1300. The lowest BCUT2D eigenvalue weighted by Crippen LogP contribution is -2.57. The predicted octanol–water partition coefficient (Wildman–Crippen LogP) is 6.39. The summed E-state index contributed by atoms with van der Waals surface area (Å²) < 4.78 is 43.0. The quantitative estimate of drug-likeness (QED) is 0.208. The van der Waals surface area contributed by atoms with Gasteiger partial charge in [-0.1, -0.05) is 50.1 Å². The van der Waals surface area contributed by atoms with Gasteiger partial charge in [0.05, 0.1) is 11.5 Å². The van der Waals surface area contributed by atoms with Gasteiger partial charge >= 0.3 is 11.9 Å². The van der Waals surface area contributed by atoms with Crippen LogP contribution in [0.1, 0.15) is 85.1 Å². The monoisotopic (exact) mass is 586 g/mol. The Morgan fingerprint density at radius 2 is 1.68 bits per heavy atom. The molecule has 4 aliphatic carbocycles. The molecule has 3 fully saturated rings. The van der Waals surface area contributed by atoms with Crippen LogP contribution in [0, 0.1) is 47.3 Å². The van der Waals surface area contributed by atoms with Crippen molar-refractivity contribution in [3.63, 3.8) is 0 Å². The van der Waals surface area contributed by atoms with Gasteiger partial charge < -0.3 is 9.47 Å². The molecular formula is C33H46O7S. The molecular weight excluding hydrogens is 540 g/mol. The Labute approximate surface area is 245 Å². The van der Waals surface area contributed by atoms with E-state index in [1.165, 1.54) is 19.4 Å². The molecule has 0 N–H and O–H groups in total. The van der Waals surface area contributed by atoms with Crippen molar-refractivity contribution in [1.82, 2.24) is 0 Å².